The minimum atomic E-state index is -0.340. The number of hydrogen-bond acceptors (Lipinski definition) is 3. The molecule has 1 aromatic carbocycles. The summed E-state index contributed by atoms with van der Waals surface area (Å²) in [6, 6.07) is 4.03. The van der Waals surface area contributed by atoms with Crippen molar-refractivity contribution in [2.75, 3.05) is 4.90 Å². The molecule has 3 aliphatic heterocycles. The molecule has 0 radical (unpaired) electrons. The van der Waals surface area contributed by atoms with Gasteiger partial charge >= 0.3 is 0 Å². The van der Waals surface area contributed by atoms with Crippen LogP contribution in [-0.2, 0) is 14.3 Å². The number of nitrogens with zero attached hydrogens (tertiary/aromatic N) is 1. The van der Waals surface area contributed by atoms with Crippen molar-refractivity contribution in [1.29, 1.82) is 0 Å². The first-order chi connectivity index (χ1) is 9.99. The van der Waals surface area contributed by atoms with Crippen LogP contribution in [0.1, 0.15) is 16.7 Å². The highest BCUT2D eigenvalue weighted by Crippen LogP contribution is 2.47. The van der Waals surface area contributed by atoms with Crippen LogP contribution in [-0.4, -0.2) is 24.0 Å². The summed E-state index contributed by atoms with van der Waals surface area (Å²) in [5.74, 6) is -0.908. The molecule has 2 fully saturated rings. The van der Waals surface area contributed by atoms with Gasteiger partial charge in [0.05, 0.1) is 29.7 Å². The van der Waals surface area contributed by atoms with Crippen molar-refractivity contribution in [2.45, 2.75) is 33.0 Å². The lowest BCUT2D eigenvalue weighted by atomic mass is 9.85. The van der Waals surface area contributed by atoms with Gasteiger partial charge in [0.15, 0.2) is 0 Å². The van der Waals surface area contributed by atoms with Crippen LogP contribution in [0.4, 0.5) is 5.69 Å². The van der Waals surface area contributed by atoms with Gasteiger partial charge in [-0.25, -0.2) is 4.90 Å². The van der Waals surface area contributed by atoms with Gasteiger partial charge in [-0.1, -0.05) is 29.8 Å². The highest BCUT2D eigenvalue weighted by atomic mass is 16.5. The Morgan fingerprint density at radius 1 is 0.905 bits per heavy atom. The van der Waals surface area contributed by atoms with Crippen molar-refractivity contribution in [3.05, 3.63) is 41.0 Å². The Bertz CT molecular complexity index is 653. The van der Waals surface area contributed by atoms with Crippen molar-refractivity contribution >= 4 is 17.5 Å². The number of benzene rings is 1. The summed E-state index contributed by atoms with van der Waals surface area (Å²) in [5.41, 5.74) is 3.83. The van der Waals surface area contributed by atoms with E-state index < -0.39 is 0 Å². The van der Waals surface area contributed by atoms with E-state index in [1.54, 1.807) is 0 Å². The molecule has 2 bridgehead atoms. The maximum Gasteiger partial charge on any atom is 0.240 e. The van der Waals surface area contributed by atoms with E-state index in [0.29, 0.717) is 0 Å². The van der Waals surface area contributed by atoms with E-state index in [1.165, 1.54) is 4.90 Å². The largest absolute Gasteiger partial charge is 0.365 e. The summed E-state index contributed by atoms with van der Waals surface area (Å²) in [6.45, 7) is 5.92. The number of rotatable bonds is 1. The van der Waals surface area contributed by atoms with Gasteiger partial charge < -0.3 is 4.74 Å². The van der Waals surface area contributed by atoms with Gasteiger partial charge in [0, 0.05) is 0 Å². The Morgan fingerprint density at radius 3 is 1.86 bits per heavy atom. The average molecular weight is 283 g/mol. The monoisotopic (exact) mass is 283 g/mol. The number of carbonyl (C=O) groups is 2. The second-order valence-electron chi connectivity index (χ2n) is 6.26. The molecular formula is C17H17NO3. The summed E-state index contributed by atoms with van der Waals surface area (Å²) in [6.07, 6.45) is 3.37. The molecule has 1 aromatic rings. The van der Waals surface area contributed by atoms with Gasteiger partial charge in [0.25, 0.3) is 0 Å². The number of amides is 2. The summed E-state index contributed by atoms with van der Waals surface area (Å²) >= 11 is 0. The number of imide groups is 1. The maximum absolute atomic E-state index is 12.8. The Morgan fingerprint density at radius 2 is 1.38 bits per heavy atom. The van der Waals surface area contributed by atoms with E-state index in [9.17, 15) is 9.59 Å². The second kappa shape index (κ2) is 4.04. The van der Waals surface area contributed by atoms with Crippen LogP contribution in [0.2, 0.25) is 0 Å². The number of fused-ring (bicyclic) bond motifs is 5. The Kier molecular flexibility index (Phi) is 2.46. The molecule has 4 heteroatoms. The maximum atomic E-state index is 12.8. The fourth-order valence-electron chi connectivity index (χ4n) is 4.05. The number of aryl methyl sites for hydroxylation is 3. The molecule has 0 N–H and O–H groups in total. The zero-order valence-corrected chi connectivity index (χ0v) is 12.3. The molecule has 0 aliphatic carbocycles. The molecule has 2 saturated heterocycles. The van der Waals surface area contributed by atoms with Crippen molar-refractivity contribution in [3.63, 3.8) is 0 Å². The zero-order valence-electron chi connectivity index (χ0n) is 12.3. The molecule has 4 atom stereocenters. The number of anilines is 1. The van der Waals surface area contributed by atoms with E-state index in [-0.39, 0.29) is 35.9 Å². The summed E-state index contributed by atoms with van der Waals surface area (Å²) in [5, 5.41) is 0. The fraction of sp³-hybridized carbons (Fsp3) is 0.412. The van der Waals surface area contributed by atoms with Crippen molar-refractivity contribution < 1.29 is 14.3 Å². The second-order valence-corrected chi connectivity index (χ2v) is 6.26. The summed E-state index contributed by atoms with van der Waals surface area (Å²) in [7, 11) is 0. The molecule has 0 unspecified atom stereocenters. The SMILES string of the molecule is Cc1cc(C)c(N2C(=O)[C@@H]3[C@@H](C2=O)[C@H]2C=C[C@@H]3O2)c(C)c1. The predicted octanol–water partition coefficient (Wildman–Crippen LogP) is 2.05. The summed E-state index contributed by atoms with van der Waals surface area (Å²) < 4.78 is 5.66. The van der Waals surface area contributed by atoms with Gasteiger partial charge in [-0.3, -0.25) is 9.59 Å². The van der Waals surface area contributed by atoms with Crippen molar-refractivity contribution in [2.24, 2.45) is 11.8 Å². The lowest BCUT2D eigenvalue weighted by molar-refractivity contribution is -0.124. The number of carbonyl (C=O) groups excluding carboxylic acids is 2. The van der Waals surface area contributed by atoms with Crippen LogP contribution >= 0.6 is 0 Å². The molecule has 4 rings (SSSR count). The normalized spacial score (nSPS) is 33.2. The highest BCUT2D eigenvalue weighted by Gasteiger charge is 2.61. The van der Waals surface area contributed by atoms with E-state index in [1.807, 2.05) is 45.1 Å². The minimum Gasteiger partial charge on any atom is -0.365 e. The standard InChI is InChI=1S/C17H17NO3/c1-8-6-9(2)15(10(3)7-8)18-16(19)13-11-4-5-12(21-11)14(13)17(18)20/h4-7,11-14H,1-3H3/t11-,12+,13-,14-/m0/s1. The first-order valence-electron chi connectivity index (χ1n) is 7.28. The molecule has 4 nitrogen and oxygen atoms in total. The van der Waals surface area contributed by atoms with E-state index >= 15 is 0 Å². The van der Waals surface area contributed by atoms with Crippen LogP contribution in [0.25, 0.3) is 0 Å². The van der Waals surface area contributed by atoms with Crippen LogP contribution < -0.4 is 4.90 Å². The quantitative estimate of drug-likeness (QED) is 0.585. The fourth-order valence-corrected chi connectivity index (χ4v) is 4.05. The molecule has 0 aromatic heterocycles. The van der Waals surface area contributed by atoms with E-state index in [4.69, 9.17) is 4.74 Å². The topological polar surface area (TPSA) is 46.6 Å². The third kappa shape index (κ3) is 1.54. The van der Waals surface area contributed by atoms with Crippen LogP contribution in [0.5, 0.6) is 0 Å². The zero-order chi connectivity index (χ0) is 14.9. The molecule has 2 amide bonds. The third-order valence-electron chi connectivity index (χ3n) is 4.77. The molecule has 3 heterocycles. The van der Waals surface area contributed by atoms with E-state index in [0.717, 1.165) is 22.4 Å². The molecule has 3 aliphatic rings. The first kappa shape index (κ1) is 12.8. The summed E-state index contributed by atoms with van der Waals surface area (Å²) in [4.78, 5) is 26.9. The van der Waals surface area contributed by atoms with Crippen LogP contribution in [0, 0.1) is 32.6 Å². The minimum absolute atomic E-state index is 0.114. The highest BCUT2D eigenvalue weighted by molar-refractivity contribution is 6.23. The number of ether oxygens (including phenoxy) is 1. The van der Waals surface area contributed by atoms with Crippen molar-refractivity contribution in [3.8, 4) is 0 Å². The molecular weight excluding hydrogens is 266 g/mol. The molecule has 0 saturated carbocycles. The van der Waals surface area contributed by atoms with Gasteiger partial charge in [-0.2, -0.15) is 0 Å². The molecule has 0 spiro atoms. The number of hydrogen-bond donors (Lipinski definition) is 0. The molecule has 21 heavy (non-hydrogen) atoms. The van der Waals surface area contributed by atoms with Gasteiger partial charge in [-0.05, 0) is 31.9 Å². The Balaban J connectivity index is 1.82. The van der Waals surface area contributed by atoms with Crippen LogP contribution in [0.15, 0.2) is 24.3 Å². The van der Waals surface area contributed by atoms with Gasteiger partial charge in [-0.15, -0.1) is 0 Å². The van der Waals surface area contributed by atoms with Gasteiger partial charge in [0.1, 0.15) is 0 Å². The Hall–Kier alpha value is -1.94. The lowest BCUT2D eigenvalue weighted by Gasteiger charge is -2.22. The third-order valence-corrected chi connectivity index (χ3v) is 4.77. The van der Waals surface area contributed by atoms with Crippen LogP contribution in [0.3, 0.4) is 0 Å². The smallest absolute Gasteiger partial charge is 0.240 e. The van der Waals surface area contributed by atoms with Crippen molar-refractivity contribution in [1.82, 2.24) is 0 Å². The van der Waals surface area contributed by atoms with E-state index in [2.05, 4.69) is 0 Å². The average Bonchev–Trinajstić information content (AvgIpc) is 3.06. The van der Waals surface area contributed by atoms with Gasteiger partial charge in [0.2, 0.25) is 11.8 Å². The Labute approximate surface area is 123 Å². The first-order valence-corrected chi connectivity index (χ1v) is 7.28. The predicted molar refractivity (Wildman–Crippen MR) is 77.9 cm³/mol. The lowest BCUT2D eigenvalue weighted by Crippen LogP contribution is -2.35. The molecule has 108 valence electrons.